The molecule has 4 nitrogen and oxygen atoms in total. The number of piperidine rings is 1. The fourth-order valence-electron chi connectivity index (χ4n) is 6.06. The summed E-state index contributed by atoms with van der Waals surface area (Å²) in [5.74, 6) is 4.33. The van der Waals surface area contributed by atoms with Gasteiger partial charge in [0.1, 0.15) is 24.2 Å². The van der Waals surface area contributed by atoms with Gasteiger partial charge in [0.05, 0.1) is 4.08 Å². The van der Waals surface area contributed by atoms with E-state index in [1.165, 1.54) is 79.0 Å². The Morgan fingerprint density at radius 1 is 1.05 bits per heavy atom. The van der Waals surface area contributed by atoms with E-state index >= 15 is 0 Å². The zero-order valence-corrected chi connectivity index (χ0v) is 27.8. The minimum Gasteiger partial charge on any atom is -0.492 e. The normalized spacial score (nSPS) is 23.6. The molecule has 2 fully saturated rings. The van der Waals surface area contributed by atoms with Crippen LogP contribution in [-0.4, -0.2) is 46.7 Å². The van der Waals surface area contributed by atoms with E-state index in [1.54, 1.807) is 0 Å². The number of nitrogens with zero attached hydrogens (tertiary/aromatic N) is 1. The SMILES string of the molecule is O=[PH](I)c1ccc2c(c1)O[C@@H](c1ccc(OCCN3CCCCC3)cc1)C1=C2CCC2(C1)SCCCS2.[V]. The number of allylic oxidation sites excluding steroid dienone is 1. The minimum absolute atomic E-state index is 0. The van der Waals surface area contributed by atoms with E-state index < -0.39 is 5.44 Å². The average molecular weight is 719 g/mol. The first-order valence-corrected chi connectivity index (χ1v) is 20.1. The van der Waals surface area contributed by atoms with Crippen molar-refractivity contribution >= 4 is 61.9 Å². The Bertz CT molecular complexity index is 1180. The Morgan fingerprint density at radius 3 is 2.55 bits per heavy atom. The molecule has 0 saturated carbocycles. The van der Waals surface area contributed by atoms with Gasteiger partial charge in [0.15, 0.2) is 5.44 Å². The van der Waals surface area contributed by atoms with E-state index in [2.05, 4.69) is 58.8 Å². The van der Waals surface area contributed by atoms with Crippen LogP contribution in [0.1, 0.15) is 62.2 Å². The molecule has 2 aromatic rings. The fourth-order valence-corrected chi connectivity index (χ4v) is 10.9. The summed E-state index contributed by atoms with van der Waals surface area (Å²) in [6.07, 6.45) is 8.56. The van der Waals surface area contributed by atoms with Crippen molar-refractivity contribution in [2.45, 2.75) is 55.1 Å². The standard InChI is InChI=1S/C29H35INO3PS2.V/c30-35(32)23-9-10-25-24-11-12-29(36-17-4-18-37-29)20-26(24)28(34-27(25)19-23)21-5-7-22(8-6-21)33-16-15-31-13-2-1-3-14-31;/h5-10,19,28,35H,1-4,11-18,20H2;/t28-;/m0./s1. The van der Waals surface area contributed by atoms with E-state index in [0.29, 0.717) is 0 Å². The molecule has 1 radical (unpaired) electrons. The molecule has 1 unspecified atom stereocenters. The molecule has 4 aliphatic rings. The maximum atomic E-state index is 12.3. The average Bonchev–Trinajstić information content (AvgIpc) is 2.93. The van der Waals surface area contributed by atoms with Crippen LogP contribution < -0.4 is 14.8 Å². The van der Waals surface area contributed by atoms with Gasteiger partial charge in [0.2, 0.25) is 0 Å². The molecule has 2 aromatic carbocycles. The van der Waals surface area contributed by atoms with Gasteiger partial charge >= 0.3 is 0 Å². The van der Waals surface area contributed by atoms with Crippen molar-refractivity contribution in [3.63, 3.8) is 0 Å². The number of halogens is 1. The van der Waals surface area contributed by atoms with E-state index in [0.717, 1.165) is 42.8 Å². The first kappa shape index (κ1) is 29.5. The number of thioether (sulfide) groups is 2. The second-order valence-corrected chi connectivity index (χ2v) is 17.7. The number of likely N-dealkylation sites (tertiary alicyclic amines) is 1. The maximum absolute atomic E-state index is 12.3. The van der Waals surface area contributed by atoms with Gasteiger partial charge in [-0.05, 0) is 120 Å². The van der Waals surface area contributed by atoms with Crippen LogP contribution in [0.2, 0.25) is 0 Å². The summed E-state index contributed by atoms with van der Waals surface area (Å²) < 4.78 is 25.4. The van der Waals surface area contributed by atoms with Crippen molar-refractivity contribution in [1.82, 2.24) is 4.90 Å². The van der Waals surface area contributed by atoms with Gasteiger partial charge in [-0.1, -0.05) is 30.7 Å². The molecular weight excluding hydrogens is 683 g/mol. The number of ether oxygens (including phenoxy) is 2. The molecule has 1 spiro atoms. The molecule has 0 bridgehead atoms. The third-order valence-corrected chi connectivity index (χ3v) is 14.1. The van der Waals surface area contributed by atoms with Crippen LogP contribution >= 0.6 is 51.0 Å². The molecule has 9 heteroatoms. The smallest absolute Gasteiger partial charge is 0.159 e. The van der Waals surface area contributed by atoms with Crippen LogP contribution in [0.4, 0.5) is 0 Å². The molecule has 6 rings (SSSR count). The number of hydrogen-bond donors (Lipinski definition) is 0. The number of fused-ring (bicyclic) bond motifs is 2. The second-order valence-electron chi connectivity index (χ2n) is 10.4. The second kappa shape index (κ2) is 13.3. The summed E-state index contributed by atoms with van der Waals surface area (Å²) in [6.45, 7) is 4.14. The van der Waals surface area contributed by atoms with Gasteiger partial charge in [-0.2, -0.15) is 0 Å². The molecule has 1 aliphatic carbocycles. The Morgan fingerprint density at radius 2 is 1.82 bits per heavy atom. The van der Waals surface area contributed by atoms with Crippen LogP contribution in [0.5, 0.6) is 11.5 Å². The topological polar surface area (TPSA) is 38.8 Å². The Balaban J connectivity index is 0.00000294. The Hall–Kier alpha value is -0.0156. The molecule has 38 heavy (non-hydrogen) atoms. The molecular formula is C29H35INO3PS2V. The largest absolute Gasteiger partial charge is 0.492 e. The molecule has 203 valence electrons. The fraction of sp³-hybridized carbons (Fsp3) is 0.517. The van der Waals surface area contributed by atoms with Crippen molar-refractivity contribution < 1.29 is 32.6 Å². The van der Waals surface area contributed by atoms with Crippen molar-refractivity contribution in [3.8, 4) is 11.5 Å². The summed E-state index contributed by atoms with van der Waals surface area (Å²) in [5.41, 5.74) is 3.47. The van der Waals surface area contributed by atoms with E-state index in [1.807, 2.05) is 34.2 Å². The third-order valence-electron chi connectivity index (χ3n) is 8.02. The Kier molecular flexibility index (Phi) is 10.3. The van der Waals surface area contributed by atoms with Crippen molar-refractivity contribution in [1.29, 1.82) is 0 Å². The summed E-state index contributed by atoms with van der Waals surface area (Å²) in [7, 11) is 0. The Labute approximate surface area is 261 Å². The van der Waals surface area contributed by atoms with Gasteiger partial charge < -0.3 is 14.0 Å². The zero-order valence-electron chi connectivity index (χ0n) is 21.6. The van der Waals surface area contributed by atoms with Gasteiger partial charge in [-0.3, -0.25) is 4.90 Å². The monoisotopic (exact) mass is 718 g/mol. The molecule has 0 amide bonds. The van der Waals surface area contributed by atoms with E-state index in [-0.39, 0.29) is 28.7 Å². The number of benzene rings is 2. The number of hydrogen-bond acceptors (Lipinski definition) is 6. The van der Waals surface area contributed by atoms with Gasteiger partial charge in [-0.25, -0.2) is 0 Å². The predicted octanol–water partition coefficient (Wildman–Crippen LogP) is 7.72. The van der Waals surface area contributed by atoms with Crippen LogP contribution in [0.15, 0.2) is 48.0 Å². The molecule has 3 heterocycles. The van der Waals surface area contributed by atoms with Crippen LogP contribution in [0.3, 0.4) is 0 Å². The molecule has 0 aromatic heterocycles. The summed E-state index contributed by atoms with van der Waals surface area (Å²) in [6, 6.07) is 14.8. The third kappa shape index (κ3) is 6.55. The summed E-state index contributed by atoms with van der Waals surface area (Å²) >= 11 is 6.37. The van der Waals surface area contributed by atoms with Crippen LogP contribution in [0, 0.1) is 0 Å². The van der Waals surface area contributed by atoms with Crippen LogP contribution in [-0.2, 0) is 23.1 Å². The first-order valence-electron chi connectivity index (χ1n) is 13.6. The van der Waals surface area contributed by atoms with Gasteiger partial charge in [0.25, 0.3) is 0 Å². The van der Waals surface area contributed by atoms with Gasteiger partial charge in [0, 0.05) is 36.0 Å². The number of rotatable bonds is 6. The summed E-state index contributed by atoms with van der Waals surface area (Å²) in [5, 5.41) is 0.885. The van der Waals surface area contributed by atoms with Crippen LogP contribution in [0.25, 0.3) is 5.57 Å². The summed E-state index contributed by atoms with van der Waals surface area (Å²) in [4.78, 5) is 2.51. The molecule has 2 atom stereocenters. The van der Waals surface area contributed by atoms with E-state index in [9.17, 15) is 4.57 Å². The molecule has 2 saturated heterocycles. The quantitative estimate of drug-likeness (QED) is 0.225. The predicted molar refractivity (Wildman–Crippen MR) is 168 cm³/mol. The van der Waals surface area contributed by atoms with Crippen molar-refractivity contribution in [2.24, 2.45) is 0 Å². The molecule has 0 N–H and O–H groups in total. The minimum atomic E-state index is -1.80. The van der Waals surface area contributed by atoms with Gasteiger partial charge in [-0.15, -0.1) is 23.5 Å². The van der Waals surface area contributed by atoms with E-state index in [4.69, 9.17) is 9.47 Å². The molecule has 3 aliphatic heterocycles. The van der Waals surface area contributed by atoms with Crippen molar-refractivity contribution in [3.05, 3.63) is 59.2 Å². The maximum Gasteiger partial charge on any atom is 0.159 e. The first-order chi connectivity index (χ1) is 18.1. The van der Waals surface area contributed by atoms with Crippen molar-refractivity contribution in [2.75, 3.05) is 37.7 Å². The zero-order chi connectivity index (χ0) is 25.2.